The summed E-state index contributed by atoms with van der Waals surface area (Å²) in [5.41, 5.74) is 3.85. The highest BCUT2D eigenvalue weighted by Gasteiger charge is 2.45. The molecule has 2 heterocycles. The molecule has 11 heteroatoms. The SMILES string of the molecule is NNC(=S)Nc1ccc(OCC2COC(Cn3ccnc3)(c3ccc(Cl)cc3Cl)O2)cc1. The van der Waals surface area contributed by atoms with Crippen molar-refractivity contribution in [2.45, 2.75) is 18.4 Å². The summed E-state index contributed by atoms with van der Waals surface area (Å²) in [6.07, 6.45) is 4.92. The van der Waals surface area contributed by atoms with Crippen molar-refractivity contribution in [1.29, 1.82) is 0 Å². The average Bonchev–Trinajstić information content (AvgIpc) is 3.44. The molecule has 2 unspecified atom stereocenters. The molecule has 2 aromatic carbocycles. The summed E-state index contributed by atoms with van der Waals surface area (Å²) in [5, 5.41) is 4.27. The Bertz CT molecular complexity index is 1070. The first-order valence-electron chi connectivity index (χ1n) is 9.71. The van der Waals surface area contributed by atoms with Gasteiger partial charge in [-0.05, 0) is 48.6 Å². The van der Waals surface area contributed by atoms with Crippen LogP contribution in [0.1, 0.15) is 5.56 Å². The number of thiocarbonyl (C=S) groups is 1. The Balaban J connectivity index is 1.45. The lowest BCUT2D eigenvalue weighted by atomic mass is 10.1. The van der Waals surface area contributed by atoms with Gasteiger partial charge in [-0.25, -0.2) is 10.8 Å². The summed E-state index contributed by atoms with van der Waals surface area (Å²) >= 11 is 17.6. The molecule has 4 rings (SSSR count). The van der Waals surface area contributed by atoms with Crippen LogP contribution in [0.5, 0.6) is 5.75 Å². The second kappa shape index (κ2) is 10.0. The van der Waals surface area contributed by atoms with E-state index in [2.05, 4.69) is 15.7 Å². The van der Waals surface area contributed by atoms with E-state index < -0.39 is 5.79 Å². The van der Waals surface area contributed by atoms with E-state index in [1.54, 1.807) is 24.7 Å². The van der Waals surface area contributed by atoms with Gasteiger partial charge in [0.1, 0.15) is 18.5 Å². The molecule has 0 spiro atoms. The van der Waals surface area contributed by atoms with E-state index in [4.69, 9.17) is 55.5 Å². The number of anilines is 1. The predicted molar refractivity (Wildman–Crippen MR) is 127 cm³/mol. The predicted octanol–water partition coefficient (Wildman–Crippen LogP) is 3.70. The molecule has 4 N–H and O–H groups in total. The third kappa shape index (κ3) is 5.32. The first-order valence-corrected chi connectivity index (χ1v) is 10.9. The molecule has 1 saturated heterocycles. The molecule has 1 aliphatic rings. The van der Waals surface area contributed by atoms with Crippen LogP contribution in [-0.4, -0.2) is 34.0 Å². The molecule has 1 aliphatic heterocycles. The van der Waals surface area contributed by atoms with Gasteiger partial charge < -0.3 is 29.5 Å². The van der Waals surface area contributed by atoms with Gasteiger partial charge in [0.25, 0.3) is 0 Å². The topological polar surface area (TPSA) is 95.6 Å². The van der Waals surface area contributed by atoms with Crippen molar-refractivity contribution in [3.8, 4) is 5.75 Å². The lowest BCUT2D eigenvalue weighted by Gasteiger charge is -2.30. The number of halogens is 2. The van der Waals surface area contributed by atoms with Gasteiger partial charge in [-0.2, -0.15) is 0 Å². The molecule has 0 aliphatic carbocycles. The molecule has 8 nitrogen and oxygen atoms in total. The van der Waals surface area contributed by atoms with Crippen LogP contribution in [0.15, 0.2) is 61.2 Å². The maximum atomic E-state index is 6.49. The smallest absolute Gasteiger partial charge is 0.215 e. The van der Waals surface area contributed by atoms with Gasteiger partial charge in [-0.1, -0.05) is 29.3 Å². The monoisotopic (exact) mass is 493 g/mol. The number of ether oxygens (including phenoxy) is 3. The number of hydrogen-bond acceptors (Lipinski definition) is 6. The fourth-order valence-corrected chi connectivity index (χ4v) is 4.04. The van der Waals surface area contributed by atoms with Crippen molar-refractivity contribution in [2.75, 3.05) is 18.5 Å². The van der Waals surface area contributed by atoms with Gasteiger partial charge in [-0.15, -0.1) is 0 Å². The zero-order chi connectivity index (χ0) is 22.6. The van der Waals surface area contributed by atoms with E-state index in [9.17, 15) is 0 Å². The number of imidazole rings is 1. The Hall–Kier alpha value is -2.40. The number of nitrogens with zero attached hydrogens (tertiary/aromatic N) is 2. The molecule has 1 aromatic heterocycles. The average molecular weight is 494 g/mol. The molecule has 0 bridgehead atoms. The lowest BCUT2D eigenvalue weighted by molar-refractivity contribution is -0.189. The second-order valence-electron chi connectivity index (χ2n) is 7.10. The van der Waals surface area contributed by atoms with Crippen molar-refractivity contribution in [3.05, 3.63) is 76.8 Å². The fraction of sp³-hybridized carbons (Fsp3) is 0.238. The highest BCUT2D eigenvalue weighted by molar-refractivity contribution is 7.80. The minimum atomic E-state index is -1.09. The van der Waals surface area contributed by atoms with Crippen LogP contribution in [0.2, 0.25) is 10.0 Å². The maximum absolute atomic E-state index is 6.49. The molecule has 0 amide bonds. The molecule has 1 fully saturated rings. The molecule has 0 saturated carbocycles. The number of hydrogen-bond donors (Lipinski definition) is 3. The summed E-state index contributed by atoms with van der Waals surface area (Å²) in [4.78, 5) is 4.10. The van der Waals surface area contributed by atoms with E-state index in [1.165, 1.54) is 0 Å². The van der Waals surface area contributed by atoms with Crippen molar-refractivity contribution >= 4 is 46.2 Å². The third-order valence-corrected chi connectivity index (χ3v) is 5.60. The van der Waals surface area contributed by atoms with Crippen LogP contribution in [0.3, 0.4) is 0 Å². The van der Waals surface area contributed by atoms with E-state index in [0.29, 0.717) is 46.2 Å². The summed E-state index contributed by atoms with van der Waals surface area (Å²) in [6, 6.07) is 12.6. The minimum Gasteiger partial charge on any atom is -0.491 e. The zero-order valence-electron chi connectivity index (χ0n) is 16.8. The van der Waals surface area contributed by atoms with Crippen LogP contribution >= 0.6 is 35.4 Å². The number of benzene rings is 2. The van der Waals surface area contributed by atoms with Gasteiger partial charge in [0.05, 0.1) is 24.5 Å². The molecular weight excluding hydrogens is 473 g/mol. The molecule has 3 aromatic rings. The summed E-state index contributed by atoms with van der Waals surface area (Å²) < 4.78 is 20.3. The Morgan fingerprint density at radius 2 is 2.09 bits per heavy atom. The number of aromatic nitrogens is 2. The number of nitrogens with one attached hydrogen (secondary N) is 2. The van der Waals surface area contributed by atoms with Crippen molar-refractivity contribution in [3.63, 3.8) is 0 Å². The number of hydrazine groups is 1. The fourth-order valence-electron chi connectivity index (χ4n) is 3.37. The Kier molecular flexibility index (Phi) is 7.14. The molecule has 2 atom stereocenters. The van der Waals surface area contributed by atoms with Crippen LogP contribution in [0, 0.1) is 0 Å². The highest BCUT2D eigenvalue weighted by Crippen LogP contribution is 2.40. The van der Waals surface area contributed by atoms with Crippen LogP contribution in [-0.2, 0) is 21.8 Å². The first-order chi connectivity index (χ1) is 15.5. The first kappa shape index (κ1) is 22.8. The Morgan fingerprint density at radius 1 is 1.28 bits per heavy atom. The second-order valence-corrected chi connectivity index (χ2v) is 8.35. The van der Waals surface area contributed by atoms with Crippen molar-refractivity contribution in [1.82, 2.24) is 15.0 Å². The number of rotatable bonds is 7. The number of nitrogens with two attached hydrogens (primary N) is 1. The summed E-state index contributed by atoms with van der Waals surface area (Å²) in [5.74, 6) is 4.86. The third-order valence-electron chi connectivity index (χ3n) is 4.83. The van der Waals surface area contributed by atoms with Gasteiger partial charge >= 0.3 is 0 Å². The van der Waals surface area contributed by atoms with Gasteiger partial charge in [0.2, 0.25) is 5.79 Å². The normalized spacial score (nSPS) is 20.2. The molecule has 168 valence electrons. The molecule has 32 heavy (non-hydrogen) atoms. The zero-order valence-corrected chi connectivity index (χ0v) is 19.2. The summed E-state index contributed by atoms with van der Waals surface area (Å²) in [7, 11) is 0. The van der Waals surface area contributed by atoms with Crippen LogP contribution in [0.25, 0.3) is 0 Å². The minimum absolute atomic E-state index is 0.298. The van der Waals surface area contributed by atoms with E-state index in [-0.39, 0.29) is 6.10 Å². The van der Waals surface area contributed by atoms with Crippen molar-refractivity contribution in [2.24, 2.45) is 5.84 Å². The highest BCUT2D eigenvalue weighted by atomic mass is 35.5. The van der Waals surface area contributed by atoms with E-state index in [1.807, 2.05) is 41.1 Å². The van der Waals surface area contributed by atoms with Crippen LogP contribution in [0.4, 0.5) is 5.69 Å². The summed E-state index contributed by atoms with van der Waals surface area (Å²) in [6.45, 7) is 1.01. The van der Waals surface area contributed by atoms with Gasteiger partial charge in [0.15, 0.2) is 5.11 Å². The van der Waals surface area contributed by atoms with Crippen molar-refractivity contribution < 1.29 is 14.2 Å². The standard InChI is InChI=1S/C21H21Cl2N5O3S/c22-14-1-6-18(19(23)9-14)21(12-28-8-7-25-13-28)30-11-17(31-21)10-29-16-4-2-15(3-5-16)26-20(32)27-24/h1-9,13,17H,10-12,24H2,(H2,26,27,32). The van der Waals surface area contributed by atoms with Gasteiger partial charge in [-0.3, -0.25) is 0 Å². The van der Waals surface area contributed by atoms with E-state index in [0.717, 1.165) is 5.69 Å². The molecular formula is C21H21Cl2N5O3S. The maximum Gasteiger partial charge on any atom is 0.215 e. The van der Waals surface area contributed by atoms with Crippen LogP contribution < -0.4 is 21.3 Å². The van der Waals surface area contributed by atoms with Gasteiger partial charge in [0, 0.05) is 28.7 Å². The quantitative estimate of drug-likeness (QED) is 0.260. The van der Waals surface area contributed by atoms with E-state index >= 15 is 0 Å². The largest absolute Gasteiger partial charge is 0.491 e. The molecule has 0 radical (unpaired) electrons. The Labute approximate surface area is 200 Å². The Morgan fingerprint density at radius 3 is 2.78 bits per heavy atom. The lowest BCUT2D eigenvalue weighted by Crippen LogP contribution is -2.34.